The van der Waals surface area contributed by atoms with Crippen molar-refractivity contribution in [3.05, 3.63) is 60.2 Å². The minimum Gasteiger partial charge on any atom is -0.329 e. The van der Waals surface area contributed by atoms with Gasteiger partial charge in [0.2, 0.25) is 5.82 Å². The van der Waals surface area contributed by atoms with Crippen molar-refractivity contribution in [1.82, 2.24) is 25.1 Å². The Bertz CT molecular complexity index is 821. The van der Waals surface area contributed by atoms with Crippen molar-refractivity contribution in [2.45, 2.75) is 19.9 Å². The number of amides is 1. The Balaban J connectivity index is 1.92. The highest BCUT2D eigenvalue weighted by Gasteiger charge is 2.24. The molecule has 3 rings (SSSR count). The predicted molar refractivity (Wildman–Crippen MR) is 86.7 cm³/mol. The number of carbonyl (C=O) groups excluding carboxylic acids is 1. The van der Waals surface area contributed by atoms with E-state index in [2.05, 4.69) is 20.2 Å². The van der Waals surface area contributed by atoms with Crippen LogP contribution in [-0.2, 0) is 0 Å². The number of hydrogen-bond donors (Lipinski definition) is 0. The highest BCUT2D eigenvalue weighted by atomic mass is 16.2. The van der Waals surface area contributed by atoms with Gasteiger partial charge in [-0.2, -0.15) is 0 Å². The molecule has 0 aliphatic heterocycles. The lowest BCUT2D eigenvalue weighted by Crippen LogP contribution is -2.34. The summed E-state index contributed by atoms with van der Waals surface area (Å²) in [5, 5.41) is 8.06. The maximum absolute atomic E-state index is 12.8. The van der Waals surface area contributed by atoms with Gasteiger partial charge >= 0.3 is 0 Å². The first-order valence-corrected chi connectivity index (χ1v) is 7.51. The number of para-hydroxylation sites is 1. The molecule has 2 heterocycles. The molecule has 6 heteroatoms. The number of carbonyl (C=O) groups is 1. The number of fused-ring (bicyclic) bond motifs is 1. The van der Waals surface area contributed by atoms with Crippen molar-refractivity contribution >= 4 is 16.9 Å². The van der Waals surface area contributed by atoms with Gasteiger partial charge in [-0.3, -0.25) is 9.78 Å². The van der Waals surface area contributed by atoms with Gasteiger partial charge in [0.05, 0.1) is 11.6 Å². The third kappa shape index (κ3) is 3.01. The Kier molecular flexibility index (Phi) is 4.23. The summed E-state index contributed by atoms with van der Waals surface area (Å²) >= 11 is 0. The molecule has 23 heavy (non-hydrogen) atoms. The summed E-state index contributed by atoms with van der Waals surface area (Å²) in [6.07, 6.45) is 3.48. The molecule has 2 aromatic heterocycles. The Labute approximate surface area is 134 Å². The Hall–Kier alpha value is -2.89. The fraction of sp³-hybridized carbons (Fsp3) is 0.235. The largest absolute Gasteiger partial charge is 0.329 e. The van der Waals surface area contributed by atoms with E-state index in [0.717, 1.165) is 5.56 Å². The maximum Gasteiger partial charge on any atom is 0.294 e. The molecule has 0 aliphatic carbocycles. The van der Waals surface area contributed by atoms with Gasteiger partial charge < -0.3 is 4.90 Å². The van der Waals surface area contributed by atoms with Crippen molar-refractivity contribution in [2.75, 3.05) is 6.54 Å². The molecule has 0 unspecified atom stereocenters. The summed E-state index contributed by atoms with van der Waals surface area (Å²) in [5.74, 6) is -0.122. The summed E-state index contributed by atoms with van der Waals surface area (Å²) < 4.78 is 0. The van der Waals surface area contributed by atoms with Gasteiger partial charge in [-0.25, -0.2) is 4.98 Å². The van der Waals surface area contributed by atoms with Gasteiger partial charge in [0.15, 0.2) is 0 Å². The van der Waals surface area contributed by atoms with Crippen LogP contribution in [0.25, 0.3) is 11.0 Å². The molecule has 0 aliphatic rings. The van der Waals surface area contributed by atoms with Crippen LogP contribution in [0.1, 0.15) is 36.1 Å². The molecule has 0 radical (unpaired) electrons. The first-order valence-electron chi connectivity index (χ1n) is 7.51. The van der Waals surface area contributed by atoms with Crippen LogP contribution in [0.2, 0.25) is 0 Å². The van der Waals surface area contributed by atoms with Crippen LogP contribution in [0.5, 0.6) is 0 Å². The molecular formula is C17H17N5O. The molecule has 0 spiro atoms. The highest BCUT2D eigenvalue weighted by Crippen LogP contribution is 2.20. The average Bonchev–Trinajstić information content (AvgIpc) is 2.62. The first-order chi connectivity index (χ1) is 11.2. The lowest BCUT2D eigenvalue weighted by molar-refractivity contribution is 0.0688. The van der Waals surface area contributed by atoms with E-state index in [0.29, 0.717) is 17.6 Å². The number of aromatic nitrogens is 4. The monoisotopic (exact) mass is 307 g/mol. The standard InChI is InChI=1S/C17H17N5O/c1-3-22(12(2)13-7-6-10-18-11-13)17(23)16-19-14-8-4-5-9-15(14)20-21-16/h4-12H,3H2,1-2H3/t12-/m1/s1. The molecular weight excluding hydrogens is 290 g/mol. The molecule has 0 fully saturated rings. The Morgan fingerprint density at radius 3 is 2.61 bits per heavy atom. The van der Waals surface area contributed by atoms with Crippen molar-refractivity contribution in [3.63, 3.8) is 0 Å². The summed E-state index contributed by atoms with van der Waals surface area (Å²) in [5.41, 5.74) is 2.31. The van der Waals surface area contributed by atoms with E-state index >= 15 is 0 Å². The van der Waals surface area contributed by atoms with Crippen molar-refractivity contribution in [3.8, 4) is 0 Å². The van der Waals surface area contributed by atoms with Gasteiger partial charge in [-0.1, -0.05) is 18.2 Å². The topological polar surface area (TPSA) is 71.9 Å². The lowest BCUT2D eigenvalue weighted by atomic mass is 10.1. The number of pyridine rings is 1. The van der Waals surface area contributed by atoms with Crippen LogP contribution in [0.4, 0.5) is 0 Å². The number of nitrogens with zero attached hydrogens (tertiary/aromatic N) is 5. The van der Waals surface area contributed by atoms with Crippen LogP contribution >= 0.6 is 0 Å². The van der Waals surface area contributed by atoms with Gasteiger partial charge in [-0.15, -0.1) is 10.2 Å². The van der Waals surface area contributed by atoms with Crippen LogP contribution in [0.3, 0.4) is 0 Å². The summed E-state index contributed by atoms with van der Waals surface area (Å²) in [4.78, 5) is 22.9. The van der Waals surface area contributed by atoms with E-state index in [-0.39, 0.29) is 17.8 Å². The molecule has 1 atom stereocenters. The number of benzene rings is 1. The molecule has 0 saturated heterocycles. The fourth-order valence-corrected chi connectivity index (χ4v) is 2.50. The van der Waals surface area contributed by atoms with Gasteiger partial charge in [0.25, 0.3) is 5.91 Å². The Morgan fingerprint density at radius 2 is 1.91 bits per heavy atom. The summed E-state index contributed by atoms with van der Waals surface area (Å²) in [6, 6.07) is 11.1. The third-order valence-electron chi connectivity index (χ3n) is 3.79. The quantitative estimate of drug-likeness (QED) is 0.741. The van der Waals surface area contributed by atoms with Gasteiger partial charge in [0.1, 0.15) is 5.52 Å². The highest BCUT2D eigenvalue weighted by molar-refractivity contribution is 5.92. The van der Waals surface area contributed by atoms with E-state index < -0.39 is 0 Å². The zero-order chi connectivity index (χ0) is 16.2. The van der Waals surface area contributed by atoms with Gasteiger partial charge in [0, 0.05) is 18.9 Å². The maximum atomic E-state index is 12.8. The predicted octanol–water partition coefficient (Wildman–Crippen LogP) is 2.64. The van der Waals surface area contributed by atoms with E-state index in [4.69, 9.17) is 0 Å². The first kappa shape index (κ1) is 15.0. The zero-order valence-electron chi connectivity index (χ0n) is 13.0. The molecule has 1 amide bonds. The van der Waals surface area contributed by atoms with Crippen molar-refractivity contribution in [2.24, 2.45) is 0 Å². The van der Waals surface area contributed by atoms with E-state index in [1.165, 1.54) is 0 Å². The molecule has 1 aromatic carbocycles. The van der Waals surface area contributed by atoms with Crippen molar-refractivity contribution < 1.29 is 4.79 Å². The zero-order valence-corrected chi connectivity index (χ0v) is 13.0. The van der Waals surface area contributed by atoms with E-state index in [1.54, 1.807) is 17.3 Å². The molecule has 0 bridgehead atoms. The SMILES string of the molecule is CCN(C(=O)c1nnc2ccccc2n1)[C@H](C)c1cccnc1. The fourth-order valence-electron chi connectivity index (χ4n) is 2.50. The van der Waals surface area contributed by atoms with Crippen LogP contribution in [0.15, 0.2) is 48.8 Å². The van der Waals surface area contributed by atoms with Gasteiger partial charge in [-0.05, 0) is 37.6 Å². The second-order valence-electron chi connectivity index (χ2n) is 5.18. The third-order valence-corrected chi connectivity index (χ3v) is 3.79. The molecule has 0 N–H and O–H groups in total. The van der Waals surface area contributed by atoms with E-state index in [9.17, 15) is 4.79 Å². The van der Waals surface area contributed by atoms with E-state index in [1.807, 2.05) is 50.2 Å². The number of hydrogen-bond acceptors (Lipinski definition) is 5. The minimum absolute atomic E-state index is 0.112. The minimum atomic E-state index is -0.234. The average molecular weight is 307 g/mol. The number of rotatable bonds is 4. The molecule has 116 valence electrons. The molecule has 0 saturated carbocycles. The van der Waals surface area contributed by atoms with Crippen molar-refractivity contribution in [1.29, 1.82) is 0 Å². The lowest BCUT2D eigenvalue weighted by Gasteiger charge is -2.27. The molecule has 3 aromatic rings. The van der Waals surface area contributed by atoms with Crippen LogP contribution in [0, 0.1) is 0 Å². The molecule has 6 nitrogen and oxygen atoms in total. The second kappa shape index (κ2) is 6.48. The summed E-state index contributed by atoms with van der Waals surface area (Å²) in [6.45, 7) is 4.44. The van der Waals surface area contributed by atoms with Crippen LogP contribution < -0.4 is 0 Å². The van der Waals surface area contributed by atoms with Crippen LogP contribution in [-0.4, -0.2) is 37.5 Å². The Morgan fingerprint density at radius 1 is 1.13 bits per heavy atom. The summed E-state index contributed by atoms with van der Waals surface area (Å²) in [7, 11) is 0. The smallest absolute Gasteiger partial charge is 0.294 e. The normalized spacial score (nSPS) is 12.1. The second-order valence-corrected chi connectivity index (χ2v) is 5.18.